The third-order valence-corrected chi connectivity index (χ3v) is 9.89. The molecule has 3 aromatic heterocycles. The average Bonchev–Trinajstić information content (AvgIpc) is 3.76. The Bertz CT molecular complexity index is 3160. The lowest BCUT2D eigenvalue weighted by Crippen LogP contribution is -2.00. The zero-order chi connectivity index (χ0) is 32.8. The van der Waals surface area contributed by atoms with Gasteiger partial charge < -0.3 is 8.83 Å². The van der Waals surface area contributed by atoms with E-state index < -0.39 is 0 Å². The number of nitrogens with zero attached hydrogens (tertiary/aromatic N) is 3. The highest BCUT2D eigenvalue weighted by atomic mass is 16.3. The summed E-state index contributed by atoms with van der Waals surface area (Å²) in [6, 6.07) is 52.1. The van der Waals surface area contributed by atoms with Crippen LogP contribution in [0.25, 0.3) is 110 Å². The van der Waals surface area contributed by atoms with Crippen LogP contribution < -0.4 is 0 Å². The molecule has 0 saturated carbocycles. The number of hydrogen-bond donors (Lipinski definition) is 0. The van der Waals surface area contributed by atoms with Gasteiger partial charge in [-0.2, -0.15) is 0 Å². The van der Waals surface area contributed by atoms with Gasteiger partial charge in [0.05, 0.1) is 0 Å². The van der Waals surface area contributed by atoms with Crippen molar-refractivity contribution in [1.82, 2.24) is 15.0 Å². The summed E-state index contributed by atoms with van der Waals surface area (Å²) in [5, 5.41) is 11.4. The third-order valence-electron chi connectivity index (χ3n) is 9.89. The highest BCUT2D eigenvalue weighted by Crippen LogP contribution is 2.43. The molecule has 0 bridgehead atoms. The maximum Gasteiger partial charge on any atom is 0.164 e. The van der Waals surface area contributed by atoms with Crippen LogP contribution in [0.5, 0.6) is 0 Å². The highest BCUT2D eigenvalue weighted by Gasteiger charge is 2.19. The summed E-state index contributed by atoms with van der Waals surface area (Å²) in [4.78, 5) is 15.1. The fraction of sp³-hybridized carbons (Fsp3) is 0. The van der Waals surface area contributed by atoms with E-state index in [1.807, 2.05) is 66.7 Å². The predicted octanol–water partition coefficient (Wildman–Crippen LogP) is 12.1. The zero-order valence-corrected chi connectivity index (χ0v) is 26.6. The van der Waals surface area contributed by atoms with Crippen molar-refractivity contribution >= 4 is 76.2 Å². The molecule has 0 radical (unpaired) electrons. The van der Waals surface area contributed by atoms with Gasteiger partial charge in [0.25, 0.3) is 0 Å². The molecule has 5 heteroatoms. The fourth-order valence-electron chi connectivity index (χ4n) is 7.59. The van der Waals surface area contributed by atoms with E-state index in [4.69, 9.17) is 23.8 Å². The molecule has 0 spiro atoms. The molecule has 0 aliphatic carbocycles. The Labute approximate surface area is 285 Å². The number of hydrogen-bond acceptors (Lipinski definition) is 5. The standard InChI is InChI=1S/C45H25N3O2/c1-2-10-26(11-3-1)43-46-44(48-45(47-43)29-20-22-32-31-12-6-8-16-37(31)49-39(32)25-29)28-19-21-30-27(24-28)18-23-36-40(30)33-13-4-5-14-34(33)41-35-15-7-9-17-38(35)50-42(36)41/h1-25H. The number of fused-ring (bicyclic) bond motifs is 13. The maximum absolute atomic E-state index is 6.54. The summed E-state index contributed by atoms with van der Waals surface area (Å²) in [5.74, 6) is 1.82. The van der Waals surface area contributed by atoms with Crippen LogP contribution in [0, 0.1) is 0 Å². The van der Waals surface area contributed by atoms with Crippen LogP contribution in [0.15, 0.2) is 160 Å². The molecule has 0 fully saturated rings. The Morgan fingerprint density at radius 1 is 0.320 bits per heavy atom. The Hall–Kier alpha value is -6.85. The maximum atomic E-state index is 6.54. The average molecular weight is 640 g/mol. The Morgan fingerprint density at radius 2 is 0.860 bits per heavy atom. The van der Waals surface area contributed by atoms with Gasteiger partial charge in [0.15, 0.2) is 17.5 Å². The summed E-state index contributed by atoms with van der Waals surface area (Å²) in [5.41, 5.74) is 6.18. The molecule has 8 aromatic carbocycles. The minimum Gasteiger partial charge on any atom is -0.456 e. The largest absolute Gasteiger partial charge is 0.456 e. The number of benzene rings is 8. The van der Waals surface area contributed by atoms with Gasteiger partial charge in [-0.05, 0) is 57.9 Å². The molecule has 0 unspecified atom stereocenters. The van der Waals surface area contributed by atoms with Gasteiger partial charge in [0, 0.05) is 49.0 Å². The van der Waals surface area contributed by atoms with Crippen LogP contribution in [0.1, 0.15) is 0 Å². The second-order valence-electron chi connectivity index (χ2n) is 12.8. The molecule has 0 aliphatic heterocycles. The van der Waals surface area contributed by atoms with E-state index in [1.165, 1.54) is 16.2 Å². The first kappa shape index (κ1) is 27.1. The molecule has 0 saturated heterocycles. The first-order chi connectivity index (χ1) is 24.8. The van der Waals surface area contributed by atoms with E-state index in [9.17, 15) is 0 Å². The Morgan fingerprint density at radius 3 is 1.62 bits per heavy atom. The Kier molecular flexibility index (Phi) is 5.60. The molecule has 0 atom stereocenters. The molecular formula is C45H25N3O2. The van der Waals surface area contributed by atoms with Crippen molar-refractivity contribution in [3.05, 3.63) is 152 Å². The van der Waals surface area contributed by atoms with Crippen molar-refractivity contribution in [2.24, 2.45) is 0 Å². The van der Waals surface area contributed by atoms with Crippen molar-refractivity contribution in [1.29, 1.82) is 0 Å². The lowest BCUT2D eigenvalue weighted by molar-refractivity contribution is 0.669. The van der Waals surface area contributed by atoms with Crippen LogP contribution in [0.4, 0.5) is 0 Å². The van der Waals surface area contributed by atoms with E-state index in [0.717, 1.165) is 76.7 Å². The lowest BCUT2D eigenvalue weighted by atomic mass is 9.92. The molecule has 232 valence electrons. The minimum atomic E-state index is 0.591. The molecule has 11 rings (SSSR count). The van der Waals surface area contributed by atoms with Gasteiger partial charge in [-0.3, -0.25) is 0 Å². The molecular weight excluding hydrogens is 615 g/mol. The minimum absolute atomic E-state index is 0.591. The molecule has 0 N–H and O–H groups in total. The van der Waals surface area contributed by atoms with E-state index >= 15 is 0 Å². The van der Waals surface area contributed by atoms with Crippen LogP contribution in [0.3, 0.4) is 0 Å². The van der Waals surface area contributed by atoms with Crippen LogP contribution >= 0.6 is 0 Å². The number of para-hydroxylation sites is 2. The van der Waals surface area contributed by atoms with E-state index in [-0.39, 0.29) is 0 Å². The van der Waals surface area contributed by atoms with Crippen molar-refractivity contribution < 1.29 is 8.83 Å². The third kappa shape index (κ3) is 3.98. The SMILES string of the molecule is c1ccc(-c2nc(-c3ccc4c(ccc5c6oc7ccccc7c6c6ccccc6c45)c3)nc(-c3ccc4c(c3)oc3ccccc34)n2)cc1. The summed E-state index contributed by atoms with van der Waals surface area (Å²) in [6.07, 6.45) is 0. The van der Waals surface area contributed by atoms with Crippen LogP contribution in [-0.2, 0) is 0 Å². The number of rotatable bonds is 3. The molecule has 3 heterocycles. The first-order valence-corrected chi connectivity index (χ1v) is 16.7. The van der Waals surface area contributed by atoms with E-state index in [2.05, 4.69) is 84.9 Å². The van der Waals surface area contributed by atoms with Gasteiger partial charge in [-0.1, -0.05) is 115 Å². The summed E-state index contributed by atoms with van der Waals surface area (Å²) >= 11 is 0. The predicted molar refractivity (Wildman–Crippen MR) is 203 cm³/mol. The quantitative estimate of drug-likeness (QED) is 0.180. The Balaban J connectivity index is 1.13. The molecule has 5 nitrogen and oxygen atoms in total. The van der Waals surface area contributed by atoms with Crippen molar-refractivity contribution in [3.63, 3.8) is 0 Å². The van der Waals surface area contributed by atoms with Gasteiger partial charge in [0.2, 0.25) is 0 Å². The number of furan rings is 2. The highest BCUT2D eigenvalue weighted by molar-refractivity contribution is 6.34. The van der Waals surface area contributed by atoms with Crippen LogP contribution in [-0.4, -0.2) is 15.0 Å². The normalized spacial score (nSPS) is 12.0. The van der Waals surface area contributed by atoms with Crippen molar-refractivity contribution in [2.45, 2.75) is 0 Å². The van der Waals surface area contributed by atoms with Gasteiger partial charge in [0.1, 0.15) is 22.3 Å². The molecule has 0 aliphatic rings. The number of aromatic nitrogens is 3. The summed E-state index contributed by atoms with van der Waals surface area (Å²) in [7, 11) is 0. The van der Waals surface area contributed by atoms with E-state index in [1.54, 1.807) is 0 Å². The molecule has 50 heavy (non-hydrogen) atoms. The van der Waals surface area contributed by atoms with Gasteiger partial charge >= 0.3 is 0 Å². The molecule has 11 aromatic rings. The first-order valence-electron chi connectivity index (χ1n) is 16.7. The van der Waals surface area contributed by atoms with Gasteiger partial charge in [-0.25, -0.2) is 15.0 Å². The van der Waals surface area contributed by atoms with Gasteiger partial charge in [-0.15, -0.1) is 0 Å². The molecule has 0 amide bonds. The van der Waals surface area contributed by atoms with E-state index in [0.29, 0.717) is 17.5 Å². The zero-order valence-electron chi connectivity index (χ0n) is 26.6. The monoisotopic (exact) mass is 639 g/mol. The fourth-order valence-corrected chi connectivity index (χ4v) is 7.59. The second-order valence-corrected chi connectivity index (χ2v) is 12.8. The summed E-state index contributed by atoms with van der Waals surface area (Å²) in [6.45, 7) is 0. The summed E-state index contributed by atoms with van der Waals surface area (Å²) < 4.78 is 12.8. The lowest BCUT2D eigenvalue weighted by Gasteiger charge is -2.12. The smallest absolute Gasteiger partial charge is 0.164 e. The van der Waals surface area contributed by atoms with Crippen molar-refractivity contribution in [3.8, 4) is 34.2 Å². The topological polar surface area (TPSA) is 65.0 Å². The van der Waals surface area contributed by atoms with Crippen molar-refractivity contribution in [2.75, 3.05) is 0 Å². The second kappa shape index (κ2) is 10.3. The van der Waals surface area contributed by atoms with Crippen LogP contribution in [0.2, 0.25) is 0 Å².